The van der Waals surface area contributed by atoms with E-state index in [0.29, 0.717) is 0 Å². The summed E-state index contributed by atoms with van der Waals surface area (Å²) in [5, 5.41) is 0. The Morgan fingerprint density at radius 3 is 2.36 bits per heavy atom. The van der Waals surface area contributed by atoms with Gasteiger partial charge in [0.15, 0.2) is 0 Å². The van der Waals surface area contributed by atoms with E-state index in [4.69, 9.17) is 5.73 Å². The molecule has 0 heterocycles. The first kappa shape index (κ1) is 10.7. The van der Waals surface area contributed by atoms with E-state index >= 15 is 0 Å². The van der Waals surface area contributed by atoms with Gasteiger partial charge in [0.05, 0.1) is 0 Å². The van der Waals surface area contributed by atoms with E-state index in [1.807, 2.05) is 0 Å². The highest BCUT2D eigenvalue weighted by Crippen LogP contribution is 2.02. The van der Waals surface area contributed by atoms with Crippen LogP contribution in [0.1, 0.15) is 45.4 Å². The summed E-state index contributed by atoms with van der Waals surface area (Å²) in [6.07, 6.45) is 12.1. The number of hydrogen-bond donors (Lipinski definition) is 1. The highest BCUT2D eigenvalue weighted by molar-refractivity contribution is 4.81. The van der Waals surface area contributed by atoms with Crippen molar-refractivity contribution in [2.75, 3.05) is 6.54 Å². The monoisotopic (exact) mass is 155 g/mol. The van der Waals surface area contributed by atoms with Crippen molar-refractivity contribution in [2.24, 2.45) is 5.73 Å². The van der Waals surface area contributed by atoms with Gasteiger partial charge in [-0.25, -0.2) is 0 Å². The molecule has 0 saturated heterocycles. The third kappa shape index (κ3) is 9.70. The first-order valence-corrected chi connectivity index (χ1v) is 4.77. The van der Waals surface area contributed by atoms with Gasteiger partial charge in [-0.05, 0) is 25.8 Å². The van der Waals surface area contributed by atoms with Crippen LogP contribution in [0.5, 0.6) is 0 Å². The Kier molecular flexibility index (Phi) is 9.44. The summed E-state index contributed by atoms with van der Waals surface area (Å²) in [4.78, 5) is 0. The van der Waals surface area contributed by atoms with E-state index in [1.165, 1.54) is 32.1 Å². The van der Waals surface area contributed by atoms with E-state index in [0.717, 1.165) is 13.0 Å². The van der Waals surface area contributed by atoms with Gasteiger partial charge in [-0.3, -0.25) is 0 Å². The van der Waals surface area contributed by atoms with Gasteiger partial charge in [0.2, 0.25) is 0 Å². The Morgan fingerprint density at radius 2 is 1.73 bits per heavy atom. The average Bonchev–Trinajstić information content (AvgIpc) is 2.03. The molecule has 11 heavy (non-hydrogen) atoms. The summed E-state index contributed by atoms with van der Waals surface area (Å²) in [6, 6.07) is 0. The molecule has 0 unspecified atom stereocenters. The highest BCUT2D eigenvalue weighted by atomic mass is 14.5. The molecule has 2 N–H and O–H groups in total. The molecule has 1 nitrogen and oxygen atoms in total. The lowest BCUT2D eigenvalue weighted by atomic mass is 10.1. The van der Waals surface area contributed by atoms with Crippen molar-refractivity contribution in [1.82, 2.24) is 0 Å². The van der Waals surface area contributed by atoms with Crippen molar-refractivity contribution in [3.05, 3.63) is 12.2 Å². The fourth-order valence-corrected chi connectivity index (χ4v) is 1.02. The quantitative estimate of drug-likeness (QED) is 0.444. The van der Waals surface area contributed by atoms with Crippen LogP contribution in [0.25, 0.3) is 0 Å². The van der Waals surface area contributed by atoms with Gasteiger partial charge >= 0.3 is 0 Å². The Hall–Kier alpha value is -0.300. The van der Waals surface area contributed by atoms with Crippen molar-refractivity contribution in [1.29, 1.82) is 0 Å². The second kappa shape index (κ2) is 9.70. The molecular weight excluding hydrogens is 134 g/mol. The maximum atomic E-state index is 5.34. The van der Waals surface area contributed by atoms with Crippen LogP contribution in [0, 0.1) is 0 Å². The van der Waals surface area contributed by atoms with Gasteiger partial charge in [-0.15, -0.1) is 0 Å². The predicted octanol–water partition coefficient (Wildman–Crippen LogP) is 2.86. The summed E-state index contributed by atoms with van der Waals surface area (Å²) in [5.41, 5.74) is 5.34. The minimum Gasteiger partial charge on any atom is -0.330 e. The minimum absolute atomic E-state index is 0.783. The van der Waals surface area contributed by atoms with Crippen molar-refractivity contribution in [3.63, 3.8) is 0 Å². The van der Waals surface area contributed by atoms with Gasteiger partial charge in [0.1, 0.15) is 0 Å². The van der Waals surface area contributed by atoms with Crippen LogP contribution < -0.4 is 5.73 Å². The molecule has 0 rings (SSSR count). The fraction of sp³-hybridized carbons (Fsp3) is 0.800. The molecule has 0 bridgehead atoms. The summed E-state index contributed by atoms with van der Waals surface area (Å²) >= 11 is 0. The molecule has 0 aromatic heterocycles. The van der Waals surface area contributed by atoms with Crippen molar-refractivity contribution in [2.45, 2.75) is 45.4 Å². The molecule has 0 atom stereocenters. The highest BCUT2D eigenvalue weighted by Gasteiger charge is 1.83. The molecule has 0 fully saturated rings. The Bertz CT molecular complexity index is 86.9. The Balaban J connectivity index is 2.89. The lowest BCUT2D eigenvalue weighted by Crippen LogP contribution is -1.94. The lowest BCUT2D eigenvalue weighted by molar-refractivity contribution is 0.674. The average molecular weight is 155 g/mol. The molecule has 1 heteroatoms. The van der Waals surface area contributed by atoms with Crippen LogP contribution >= 0.6 is 0 Å². The minimum atomic E-state index is 0.783. The summed E-state index contributed by atoms with van der Waals surface area (Å²) in [7, 11) is 0. The Labute approximate surface area is 70.7 Å². The molecule has 0 saturated carbocycles. The predicted molar refractivity (Wildman–Crippen MR) is 51.6 cm³/mol. The first-order valence-electron chi connectivity index (χ1n) is 4.77. The zero-order valence-corrected chi connectivity index (χ0v) is 7.68. The largest absolute Gasteiger partial charge is 0.330 e. The molecule has 0 aromatic rings. The van der Waals surface area contributed by atoms with Gasteiger partial charge in [0, 0.05) is 0 Å². The van der Waals surface area contributed by atoms with Crippen LogP contribution in [0.15, 0.2) is 12.2 Å². The van der Waals surface area contributed by atoms with E-state index in [9.17, 15) is 0 Å². The molecule has 66 valence electrons. The molecule has 0 radical (unpaired) electrons. The maximum Gasteiger partial charge on any atom is -0.00426 e. The standard InChI is InChI=1S/C10H21N/c1-2-3-4-5-6-7-8-9-10-11/h7-8H,2-6,9-11H2,1H3. The van der Waals surface area contributed by atoms with Crippen molar-refractivity contribution in [3.8, 4) is 0 Å². The summed E-state index contributed by atoms with van der Waals surface area (Å²) in [5.74, 6) is 0. The number of nitrogens with two attached hydrogens (primary N) is 1. The smallest absolute Gasteiger partial charge is 0.00426 e. The number of rotatable bonds is 7. The van der Waals surface area contributed by atoms with Crippen molar-refractivity contribution < 1.29 is 0 Å². The Morgan fingerprint density at radius 1 is 1.00 bits per heavy atom. The first-order chi connectivity index (χ1) is 5.41. The summed E-state index contributed by atoms with van der Waals surface area (Å²) in [6.45, 7) is 3.02. The van der Waals surface area contributed by atoms with E-state index in [2.05, 4.69) is 19.1 Å². The van der Waals surface area contributed by atoms with Gasteiger partial charge in [-0.1, -0.05) is 38.3 Å². The molecule has 0 aromatic carbocycles. The summed E-state index contributed by atoms with van der Waals surface area (Å²) < 4.78 is 0. The van der Waals surface area contributed by atoms with Gasteiger partial charge < -0.3 is 5.73 Å². The second-order valence-electron chi connectivity index (χ2n) is 2.90. The lowest BCUT2D eigenvalue weighted by Gasteiger charge is -1.93. The molecule has 0 aliphatic rings. The second-order valence-corrected chi connectivity index (χ2v) is 2.90. The van der Waals surface area contributed by atoms with Crippen LogP contribution in [0.4, 0.5) is 0 Å². The zero-order valence-electron chi connectivity index (χ0n) is 7.68. The molecule has 0 aliphatic heterocycles. The zero-order chi connectivity index (χ0) is 8.36. The van der Waals surface area contributed by atoms with E-state index in [1.54, 1.807) is 0 Å². The molecular formula is C10H21N. The van der Waals surface area contributed by atoms with Crippen LogP contribution in [0.2, 0.25) is 0 Å². The van der Waals surface area contributed by atoms with E-state index in [-0.39, 0.29) is 0 Å². The maximum absolute atomic E-state index is 5.34. The normalized spacial score (nSPS) is 11.1. The van der Waals surface area contributed by atoms with E-state index < -0.39 is 0 Å². The SMILES string of the molecule is CCCCCCC=CCCN. The van der Waals surface area contributed by atoms with Gasteiger partial charge in [-0.2, -0.15) is 0 Å². The third-order valence-corrected chi connectivity index (χ3v) is 1.72. The fourth-order valence-electron chi connectivity index (χ4n) is 1.02. The number of allylic oxidation sites excluding steroid dienone is 1. The number of hydrogen-bond acceptors (Lipinski definition) is 1. The molecule has 0 spiro atoms. The third-order valence-electron chi connectivity index (χ3n) is 1.72. The topological polar surface area (TPSA) is 26.0 Å². The number of unbranched alkanes of at least 4 members (excludes halogenated alkanes) is 4. The van der Waals surface area contributed by atoms with Gasteiger partial charge in [0.25, 0.3) is 0 Å². The van der Waals surface area contributed by atoms with Crippen LogP contribution in [-0.2, 0) is 0 Å². The molecule has 0 amide bonds. The van der Waals surface area contributed by atoms with Crippen LogP contribution in [0.3, 0.4) is 0 Å². The van der Waals surface area contributed by atoms with Crippen LogP contribution in [-0.4, -0.2) is 6.54 Å². The molecule has 0 aliphatic carbocycles. The van der Waals surface area contributed by atoms with Crippen molar-refractivity contribution >= 4 is 0 Å².